The Balaban J connectivity index is 1.94. The van der Waals surface area contributed by atoms with Crippen LogP contribution in [0, 0.1) is 11.3 Å². The normalized spacial score (nSPS) is 11.1. The molecule has 26 heavy (non-hydrogen) atoms. The molecule has 0 bridgehead atoms. The van der Waals surface area contributed by atoms with Crippen LogP contribution < -0.4 is 4.72 Å². The number of aromatic nitrogens is 3. The molecule has 0 aliphatic heterocycles. The molecule has 0 fully saturated rings. The number of anilines is 1. The second-order valence-corrected chi connectivity index (χ2v) is 6.92. The van der Waals surface area contributed by atoms with Crippen LogP contribution in [-0.2, 0) is 16.8 Å². The number of halogens is 1. The SMILES string of the molecule is N#Cc1cc(Cn2cncn2)ccc1-c1ccc(NS(=O)(=O)O)c(Cl)c1. The van der Waals surface area contributed by atoms with Gasteiger partial charge in [-0.05, 0) is 34.9 Å². The highest BCUT2D eigenvalue weighted by molar-refractivity contribution is 7.87. The summed E-state index contributed by atoms with van der Waals surface area (Å²) in [6, 6.07) is 12.1. The van der Waals surface area contributed by atoms with E-state index in [1.54, 1.807) is 29.2 Å². The van der Waals surface area contributed by atoms with Crippen molar-refractivity contribution in [1.82, 2.24) is 14.8 Å². The van der Waals surface area contributed by atoms with Gasteiger partial charge in [0.25, 0.3) is 0 Å². The zero-order chi connectivity index (χ0) is 18.7. The molecule has 1 heterocycles. The summed E-state index contributed by atoms with van der Waals surface area (Å²) in [6.07, 6.45) is 3.02. The van der Waals surface area contributed by atoms with Crippen molar-refractivity contribution in [3.05, 3.63) is 65.2 Å². The van der Waals surface area contributed by atoms with Crippen LogP contribution in [0.4, 0.5) is 5.69 Å². The van der Waals surface area contributed by atoms with E-state index in [2.05, 4.69) is 16.2 Å². The molecule has 132 valence electrons. The first-order valence-electron chi connectivity index (χ1n) is 7.26. The second-order valence-electron chi connectivity index (χ2n) is 5.36. The van der Waals surface area contributed by atoms with Crippen molar-refractivity contribution in [2.75, 3.05) is 4.72 Å². The smallest absolute Gasteiger partial charge is 0.269 e. The molecule has 0 unspecified atom stereocenters. The first-order valence-corrected chi connectivity index (χ1v) is 9.08. The van der Waals surface area contributed by atoms with Crippen molar-refractivity contribution >= 4 is 27.6 Å². The zero-order valence-corrected chi connectivity index (χ0v) is 14.7. The van der Waals surface area contributed by atoms with Gasteiger partial charge in [0.1, 0.15) is 12.7 Å². The van der Waals surface area contributed by atoms with Crippen LogP contribution in [0.2, 0.25) is 5.02 Å². The van der Waals surface area contributed by atoms with E-state index in [-0.39, 0.29) is 10.7 Å². The molecule has 0 aliphatic carbocycles. The third-order valence-corrected chi connectivity index (χ3v) is 4.33. The van der Waals surface area contributed by atoms with Gasteiger partial charge in [0.05, 0.1) is 28.9 Å². The maximum Gasteiger partial charge on any atom is 0.357 e. The van der Waals surface area contributed by atoms with Crippen molar-refractivity contribution < 1.29 is 13.0 Å². The minimum Gasteiger partial charge on any atom is -0.269 e. The molecule has 0 saturated carbocycles. The summed E-state index contributed by atoms with van der Waals surface area (Å²) in [5, 5.41) is 13.6. The van der Waals surface area contributed by atoms with Gasteiger partial charge in [-0.25, -0.2) is 9.67 Å². The van der Waals surface area contributed by atoms with E-state index in [0.29, 0.717) is 23.2 Å². The Morgan fingerprint density at radius 2 is 2.08 bits per heavy atom. The van der Waals surface area contributed by atoms with Crippen LogP contribution in [0.3, 0.4) is 0 Å². The van der Waals surface area contributed by atoms with E-state index < -0.39 is 10.3 Å². The molecule has 8 nitrogen and oxygen atoms in total. The average Bonchev–Trinajstić information content (AvgIpc) is 3.08. The summed E-state index contributed by atoms with van der Waals surface area (Å²) >= 11 is 6.07. The van der Waals surface area contributed by atoms with Gasteiger partial charge in [-0.1, -0.05) is 29.8 Å². The minimum absolute atomic E-state index is 0.0410. The maximum atomic E-state index is 10.9. The predicted octanol–water partition coefficient (Wildman–Crippen LogP) is 2.73. The first-order chi connectivity index (χ1) is 12.4. The molecule has 3 rings (SSSR count). The van der Waals surface area contributed by atoms with Gasteiger partial charge in [0.15, 0.2) is 0 Å². The Labute approximate surface area is 154 Å². The van der Waals surface area contributed by atoms with Crippen LogP contribution in [0.25, 0.3) is 11.1 Å². The molecule has 0 radical (unpaired) electrons. The quantitative estimate of drug-likeness (QED) is 0.647. The Morgan fingerprint density at radius 3 is 2.69 bits per heavy atom. The third-order valence-electron chi connectivity index (χ3n) is 3.53. The molecule has 0 spiro atoms. The van der Waals surface area contributed by atoms with Gasteiger partial charge in [-0.15, -0.1) is 0 Å². The standard InChI is InChI=1S/C16H12ClN5O3S/c17-15-6-12(2-4-16(15)21-26(23,24)25)14-3-1-11(5-13(14)7-18)8-22-10-19-9-20-22/h1-6,9-10,21H,8H2,(H,23,24,25). The molecular formula is C16H12ClN5O3S. The number of nitrogens with one attached hydrogen (secondary N) is 1. The maximum absolute atomic E-state index is 10.9. The molecule has 0 saturated heterocycles. The lowest BCUT2D eigenvalue weighted by Gasteiger charge is -2.10. The van der Waals surface area contributed by atoms with Gasteiger partial charge >= 0.3 is 10.3 Å². The molecule has 0 aliphatic rings. The highest BCUT2D eigenvalue weighted by Gasteiger charge is 2.12. The first kappa shape index (κ1) is 17.9. The van der Waals surface area contributed by atoms with Crippen molar-refractivity contribution in [2.45, 2.75) is 6.54 Å². The largest absolute Gasteiger partial charge is 0.357 e. The van der Waals surface area contributed by atoms with Crippen molar-refractivity contribution in [2.24, 2.45) is 0 Å². The van der Waals surface area contributed by atoms with Crippen LogP contribution >= 0.6 is 11.6 Å². The van der Waals surface area contributed by atoms with Crippen LogP contribution in [0.15, 0.2) is 49.1 Å². The third kappa shape index (κ3) is 4.18. The number of rotatable bonds is 5. The Kier molecular flexibility index (Phi) is 4.90. The van der Waals surface area contributed by atoms with Gasteiger partial charge < -0.3 is 0 Å². The fourth-order valence-corrected chi connectivity index (χ4v) is 3.18. The molecule has 2 N–H and O–H groups in total. The number of hydrogen-bond donors (Lipinski definition) is 2. The minimum atomic E-state index is -4.42. The summed E-state index contributed by atoms with van der Waals surface area (Å²) in [5.41, 5.74) is 2.65. The molecule has 0 amide bonds. The lowest BCUT2D eigenvalue weighted by molar-refractivity contribution is 0.489. The van der Waals surface area contributed by atoms with Crippen molar-refractivity contribution in [1.29, 1.82) is 5.26 Å². The lowest BCUT2D eigenvalue weighted by Crippen LogP contribution is -2.10. The van der Waals surface area contributed by atoms with E-state index in [4.69, 9.17) is 16.2 Å². The monoisotopic (exact) mass is 389 g/mol. The predicted molar refractivity (Wildman–Crippen MR) is 95.9 cm³/mol. The van der Waals surface area contributed by atoms with E-state index in [1.165, 1.54) is 18.5 Å². The summed E-state index contributed by atoms with van der Waals surface area (Å²) in [5.74, 6) is 0. The zero-order valence-electron chi connectivity index (χ0n) is 13.2. The average molecular weight is 390 g/mol. The van der Waals surface area contributed by atoms with E-state index in [9.17, 15) is 13.7 Å². The van der Waals surface area contributed by atoms with Gasteiger partial charge in [0.2, 0.25) is 0 Å². The molecular weight excluding hydrogens is 378 g/mol. The molecule has 3 aromatic rings. The molecule has 2 aromatic carbocycles. The molecule has 10 heteroatoms. The Morgan fingerprint density at radius 1 is 1.27 bits per heavy atom. The summed E-state index contributed by atoms with van der Waals surface area (Å²) in [6.45, 7) is 0.479. The fraction of sp³-hybridized carbons (Fsp3) is 0.0625. The number of nitriles is 1. The number of nitrogens with zero attached hydrogens (tertiary/aromatic N) is 4. The van der Waals surface area contributed by atoms with Crippen LogP contribution in [0.5, 0.6) is 0 Å². The van der Waals surface area contributed by atoms with Gasteiger partial charge in [-0.3, -0.25) is 9.27 Å². The summed E-state index contributed by atoms with van der Waals surface area (Å²) in [4.78, 5) is 3.87. The summed E-state index contributed by atoms with van der Waals surface area (Å²) < 4.78 is 34.2. The van der Waals surface area contributed by atoms with Crippen LogP contribution in [-0.4, -0.2) is 27.7 Å². The highest BCUT2D eigenvalue weighted by atomic mass is 35.5. The fourth-order valence-electron chi connectivity index (χ4n) is 2.44. The van der Waals surface area contributed by atoms with E-state index in [1.807, 2.05) is 10.8 Å². The lowest BCUT2D eigenvalue weighted by atomic mass is 9.98. The molecule has 1 aromatic heterocycles. The van der Waals surface area contributed by atoms with Crippen molar-refractivity contribution in [3.8, 4) is 17.2 Å². The Bertz CT molecular complexity index is 1090. The number of hydrogen-bond acceptors (Lipinski definition) is 5. The van der Waals surface area contributed by atoms with Gasteiger partial charge in [-0.2, -0.15) is 18.8 Å². The highest BCUT2D eigenvalue weighted by Crippen LogP contribution is 2.31. The topological polar surface area (TPSA) is 121 Å². The van der Waals surface area contributed by atoms with Crippen molar-refractivity contribution in [3.63, 3.8) is 0 Å². The molecule has 0 atom stereocenters. The Hall–Kier alpha value is -2.93. The second kappa shape index (κ2) is 7.13. The van der Waals surface area contributed by atoms with E-state index in [0.717, 1.165) is 5.56 Å². The van der Waals surface area contributed by atoms with Gasteiger partial charge in [0, 0.05) is 0 Å². The number of benzene rings is 2. The van der Waals surface area contributed by atoms with Crippen LogP contribution in [0.1, 0.15) is 11.1 Å². The van der Waals surface area contributed by atoms with E-state index >= 15 is 0 Å². The summed E-state index contributed by atoms with van der Waals surface area (Å²) in [7, 11) is -4.42.